The van der Waals surface area contributed by atoms with E-state index in [1.807, 2.05) is 0 Å². The summed E-state index contributed by atoms with van der Waals surface area (Å²) in [5.74, 6) is -2.41. The molecule has 0 bridgehead atoms. The van der Waals surface area contributed by atoms with Crippen molar-refractivity contribution in [1.82, 2.24) is 0 Å². The number of benzene rings is 1. The van der Waals surface area contributed by atoms with Gasteiger partial charge in [0.15, 0.2) is 6.61 Å². The van der Waals surface area contributed by atoms with Crippen LogP contribution >= 0.6 is 0 Å². The van der Waals surface area contributed by atoms with Gasteiger partial charge in [0.1, 0.15) is 19.2 Å². The Balaban J connectivity index is 2.95. The molecule has 1 aromatic rings. The van der Waals surface area contributed by atoms with Crippen molar-refractivity contribution in [3.63, 3.8) is 0 Å². The van der Waals surface area contributed by atoms with Crippen molar-refractivity contribution in [3.8, 4) is 5.75 Å². The highest BCUT2D eigenvalue weighted by molar-refractivity contribution is 6.32. The summed E-state index contributed by atoms with van der Waals surface area (Å²) >= 11 is 0. The molecular formula is C9H7BO5. The lowest BCUT2D eigenvalue weighted by Gasteiger charge is -2.07. The fourth-order valence-corrected chi connectivity index (χ4v) is 0.980. The van der Waals surface area contributed by atoms with Gasteiger partial charge in [-0.15, -0.1) is 0 Å². The molecule has 0 heterocycles. The van der Waals surface area contributed by atoms with Crippen LogP contribution < -0.4 is 10.2 Å². The number of carboxylic acids is 2. The van der Waals surface area contributed by atoms with Crippen LogP contribution in [0.1, 0.15) is 10.4 Å². The number of ether oxygens (including phenoxy) is 1. The lowest BCUT2D eigenvalue weighted by Crippen LogP contribution is -2.14. The van der Waals surface area contributed by atoms with Crippen LogP contribution in [0.25, 0.3) is 0 Å². The summed E-state index contributed by atoms with van der Waals surface area (Å²) in [7, 11) is 5.39. The standard InChI is InChI=1S/C9H7BO5/c10-5-1-2-7(15-4-8(11)12)6(3-5)9(13)14/h1-3H,4H2,(H,11,12)(H,13,14). The molecule has 5 nitrogen and oxygen atoms in total. The topological polar surface area (TPSA) is 83.8 Å². The van der Waals surface area contributed by atoms with Gasteiger partial charge in [-0.05, 0) is 6.07 Å². The van der Waals surface area contributed by atoms with E-state index in [2.05, 4.69) is 0 Å². The Morgan fingerprint density at radius 3 is 2.53 bits per heavy atom. The van der Waals surface area contributed by atoms with Crippen LogP contribution in [-0.2, 0) is 4.79 Å². The Morgan fingerprint density at radius 1 is 1.33 bits per heavy atom. The zero-order valence-corrected chi connectivity index (χ0v) is 7.64. The second kappa shape index (κ2) is 4.50. The summed E-state index contributed by atoms with van der Waals surface area (Å²) < 4.78 is 4.78. The first-order valence-corrected chi connectivity index (χ1v) is 3.98. The molecule has 6 heteroatoms. The number of aromatic carboxylic acids is 1. The van der Waals surface area contributed by atoms with Crippen LogP contribution in [0.15, 0.2) is 18.2 Å². The van der Waals surface area contributed by atoms with Crippen molar-refractivity contribution in [3.05, 3.63) is 23.8 Å². The van der Waals surface area contributed by atoms with Crippen molar-refractivity contribution < 1.29 is 24.5 Å². The molecule has 1 aromatic carbocycles. The number of hydrogen-bond acceptors (Lipinski definition) is 3. The summed E-state index contributed by atoms with van der Waals surface area (Å²) in [6, 6.07) is 3.96. The van der Waals surface area contributed by atoms with Crippen molar-refractivity contribution in [2.45, 2.75) is 0 Å². The van der Waals surface area contributed by atoms with E-state index in [-0.39, 0.29) is 16.8 Å². The van der Waals surface area contributed by atoms with Gasteiger partial charge in [-0.1, -0.05) is 17.6 Å². The molecule has 0 amide bonds. The van der Waals surface area contributed by atoms with Gasteiger partial charge in [-0.3, -0.25) is 0 Å². The third-order valence-corrected chi connectivity index (χ3v) is 1.59. The molecule has 2 radical (unpaired) electrons. The number of hydrogen-bond donors (Lipinski definition) is 2. The largest absolute Gasteiger partial charge is 0.481 e. The van der Waals surface area contributed by atoms with E-state index in [1.165, 1.54) is 18.2 Å². The molecule has 0 saturated carbocycles. The van der Waals surface area contributed by atoms with E-state index in [4.69, 9.17) is 22.8 Å². The van der Waals surface area contributed by atoms with E-state index in [1.54, 1.807) is 0 Å². The van der Waals surface area contributed by atoms with Crippen molar-refractivity contribution in [2.75, 3.05) is 6.61 Å². The Labute approximate surface area is 86.7 Å². The smallest absolute Gasteiger partial charge is 0.341 e. The number of aliphatic carboxylic acids is 1. The second-order valence-electron chi connectivity index (χ2n) is 2.74. The van der Waals surface area contributed by atoms with E-state index >= 15 is 0 Å². The first-order valence-electron chi connectivity index (χ1n) is 3.98. The fourth-order valence-electron chi connectivity index (χ4n) is 0.980. The highest BCUT2D eigenvalue weighted by atomic mass is 16.5. The molecule has 2 N–H and O–H groups in total. The minimum atomic E-state index is -1.22. The summed E-state index contributed by atoms with van der Waals surface area (Å²) in [4.78, 5) is 21.0. The first-order chi connectivity index (χ1) is 7.00. The maximum Gasteiger partial charge on any atom is 0.341 e. The maximum absolute atomic E-state index is 10.7. The first kappa shape index (κ1) is 11.1. The second-order valence-corrected chi connectivity index (χ2v) is 2.74. The van der Waals surface area contributed by atoms with Crippen LogP contribution in [0.2, 0.25) is 0 Å². The molecule has 1 rings (SSSR count). The molecule has 0 aliphatic carbocycles. The van der Waals surface area contributed by atoms with E-state index in [0.29, 0.717) is 0 Å². The lowest BCUT2D eigenvalue weighted by molar-refractivity contribution is -0.139. The maximum atomic E-state index is 10.7. The summed E-state index contributed by atoms with van der Waals surface area (Å²) in [5.41, 5.74) is 0.117. The molecule has 0 spiro atoms. The van der Waals surface area contributed by atoms with Crippen LogP contribution in [0.3, 0.4) is 0 Å². The average Bonchev–Trinajstić information content (AvgIpc) is 2.15. The Bertz CT molecular complexity index is 401. The minimum absolute atomic E-state index is 0.0147. The van der Waals surface area contributed by atoms with Gasteiger partial charge in [0, 0.05) is 0 Å². The normalized spacial score (nSPS) is 9.60. The van der Waals surface area contributed by atoms with E-state index in [0.717, 1.165) is 0 Å². The lowest BCUT2D eigenvalue weighted by atomic mass is 9.94. The Hall–Kier alpha value is -1.98. The van der Waals surface area contributed by atoms with Gasteiger partial charge in [-0.25, -0.2) is 9.59 Å². The Morgan fingerprint density at radius 2 is 2.00 bits per heavy atom. The number of carboxylic acid groups (broad SMARTS) is 2. The van der Waals surface area contributed by atoms with Gasteiger partial charge in [0.25, 0.3) is 0 Å². The summed E-state index contributed by atoms with van der Waals surface area (Å²) in [6.45, 7) is -0.593. The molecule has 0 unspecified atom stereocenters. The van der Waals surface area contributed by atoms with Crippen LogP contribution in [0.4, 0.5) is 0 Å². The Kier molecular flexibility index (Phi) is 3.33. The van der Waals surface area contributed by atoms with Gasteiger partial charge >= 0.3 is 11.9 Å². The number of rotatable bonds is 4. The minimum Gasteiger partial charge on any atom is -0.481 e. The van der Waals surface area contributed by atoms with Gasteiger partial charge < -0.3 is 14.9 Å². The molecule has 0 aromatic heterocycles. The molecule has 15 heavy (non-hydrogen) atoms. The van der Waals surface area contributed by atoms with Gasteiger partial charge in [0.2, 0.25) is 0 Å². The zero-order valence-electron chi connectivity index (χ0n) is 7.64. The third-order valence-electron chi connectivity index (χ3n) is 1.59. The quantitative estimate of drug-likeness (QED) is 0.657. The van der Waals surface area contributed by atoms with E-state index in [9.17, 15) is 9.59 Å². The summed E-state index contributed by atoms with van der Waals surface area (Å²) in [6.07, 6.45) is 0. The monoisotopic (exact) mass is 206 g/mol. The predicted molar refractivity (Wildman–Crippen MR) is 51.9 cm³/mol. The average molecular weight is 206 g/mol. The molecule has 76 valence electrons. The molecule has 0 aliphatic rings. The van der Waals surface area contributed by atoms with Crippen LogP contribution in [0, 0.1) is 0 Å². The fraction of sp³-hybridized carbons (Fsp3) is 0.111. The molecule has 0 fully saturated rings. The third kappa shape index (κ3) is 3.01. The van der Waals surface area contributed by atoms with E-state index < -0.39 is 18.5 Å². The molecule has 0 saturated heterocycles. The molecule has 0 aliphatic heterocycles. The van der Waals surface area contributed by atoms with Crippen LogP contribution in [-0.4, -0.2) is 36.6 Å². The van der Waals surface area contributed by atoms with Gasteiger partial charge in [0.05, 0.1) is 0 Å². The number of carbonyl (C=O) groups is 2. The predicted octanol–water partition coefficient (Wildman–Crippen LogP) is -0.358. The van der Waals surface area contributed by atoms with Gasteiger partial charge in [-0.2, -0.15) is 0 Å². The van der Waals surface area contributed by atoms with Crippen molar-refractivity contribution >= 4 is 25.2 Å². The molecule has 0 atom stereocenters. The highest BCUT2D eigenvalue weighted by Gasteiger charge is 2.12. The summed E-state index contributed by atoms with van der Waals surface area (Å²) in [5, 5.41) is 17.1. The molecular weight excluding hydrogens is 199 g/mol. The highest BCUT2D eigenvalue weighted by Crippen LogP contribution is 2.16. The van der Waals surface area contributed by atoms with Crippen molar-refractivity contribution in [1.29, 1.82) is 0 Å². The van der Waals surface area contributed by atoms with Crippen molar-refractivity contribution in [2.24, 2.45) is 0 Å². The zero-order chi connectivity index (χ0) is 11.4. The van der Waals surface area contributed by atoms with Crippen LogP contribution in [0.5, 0.6) is 5.75 Å². The SMILES string of the molecule is [B]c1ccc(OCC(=O)O)c(C(=O)O)c1.